The molecule has 0 saturated heterocycles. The first-order valence-electron chi connectivity index (χ1n) is 10.9. The van der Waals surface area contributed by atoms with Crippen LogP contribution in [0.2, 0.25) is 0 Å². The van der Waals surface area contributed by atoms with Crippen LogP contribution in [-0.4, -0.2) is 23.0 Å². The van der Waals surface area contributed by atoms with Crippen molar-refractivity contribution in [1.82, 2.24) is 0 Å². The van der Waals surface area contributed by atoms with E-state index in [0.29, 0.717) is 11.5 Å². The lowest BCUT2D eigenvalue weighted by atomic mass is 9.95. The van der Waals surface area contributed by atoms with E-state index in [9.17, 15) is 15.3 Å². The number of anilines is 1. The first kappa shape index (κ1) is 24.9. The molecule has 0 aliphatic carbocycles. The summed E-state index contributed by atoms with van der Waals surface area (Å²) in [5.74, 6) is -1.08. The van der Waals surface area contributed by atoms with Crippen molar-refractivity contribution in [3.8, 4) is 17.9 Å². The van der Waals surface area contributed by atoms with E-state index < -0.39 is 18.1 Å². The lowest BCUT2D eigenvalue weighted by Crippen LogP contribution is -2.40. The van der Waals surface area contributed by atoms with Gasteiger partial charge < -0.3 is 15.6 Å². The molecule has 0 fully saturated rings. The molecule has 178 valence electrons. The average Bonchev–Trinajstić information content (AvgIpc) is 3.23. The molecule has 3 N–H and O–H groups in total. The summed E-state index contributed by atoms with van der Waals surface area (Å²) in [6.45, 7) is 0.280. The number of carboxylic acid groups (broad SMARTS) is 1. The highest BCUT2D eigenvalue weighted by Crippen LogP contribution is 2.30. The van der Waals surface area contributed by atoms with E-state index in [0.717, 1.165) is 20.4 Å². The molecule has 3 aromatic rings. The van der Waals surface area contributed by atoms with Gasteiger partial charge in [-0.2, -0.15) is 15.6 Å². The molecular formula is C27H20IN5O3. The van der Waals surface area contributed by atoms with Crippen molar-refractivity contribution in [2.75, 3.05) is 5.01 Å². The number of rotatable bonds is 7. The van der Waals surface area contributed by atoms with E-state index in [4.69, 9.17) is 15.6 Å². The molecule has 1 aliphatic heterocycles. The highest BCUT2D eigenvalue weighted by atomic mass is 127. The lowest BCUT2D eigenvalue weighted by Gasteiger charge is -2.21. The van der Waals surface area contributed by atoms with Gasteiger partial charge in [-0.1, -0.05) is 36.4 Å². The predicted molar refractivity (Wildman–Crippen MR) is 144 cm³/mol. The van der Waals surface area contributed by atoms with Crippen molar-refractivity contribution in [3.63, 3.8) is 0 Å². The smallest absolute Gasteiger partial charge is 0.335 e. The number of para-hydroxylation sites is 1. The summed E-state index contributed by atoms with van der Waals surface area (Å²) < 4.78 is 6.72. The van der Waals surface area contributed by atoms with E-state index in [1.54, 1.807) is 29.3 Å². The minimum absolute atomic E-state index is 0.219. The second kappa shape index (κ2) is 11.0. The summed E-state index contributed by atoms with van der Waals surface area (Å²) in [6, 6.07) is 25.6. The lowest BCUT2D eigenvalue weighted by molar-refractivity contribution is 0.0697. The molecule has 0 radical (unpaired) electrons. The number of hydrogen-bond donors (Lipinski definition) is 2. The SMILES string of the molecule is N#C/C(=C/c1ccc(OCc2ccc(C(=O)O)cc2)c(I)c1)C1=NN(c2ccccc2)[C@H](N)[C@H]1C#N. The minimum Gasteiger partial charge on any atom is -0.488 e. The first-order valence-corrected chi connectivity index (χ1v) is 11.9. The number of halogens is 1. The largest absolute Gasteiger partial charge is 0.488 e. The van der Waals surface area contributed by atoms with Gasteiger partial charge in [0.2, 0.25) is 0 Å². The van der Waals surface area contributed by atoms with Gasteiger partial charge in [-0.05, 0) is 76.2 Å². The molecule has 3 aromatic carbocycles. The van der Waals surface area contributed by atoms with Crippen molar-refractivity contribution in [2.24, 2.45) is 16.8 Å². The van der Waals surface area contributed by atoms with Crippen LogP contribution >= 0.6 is 22.6 Å². The third kappa shape index (κ3) is 5.38. The second-order valence-corrected chi connectivity index (χ2v) is 9.08. The van der Waals surface area contributed by atoms with Crippen LogP contribution in [0.15, 0.2) is 83.5 Å². The van der Waals surface area contributed by atoms with E-state index >= 15 is 0 Å². The Hall–Kier alpha value is -4.19. The number of allylic oxidation sites excluding steroid dienone is 1. The van der Waals surface area contributed by atoms with Crippen molar-refractivity contribution in [1.29, 1.82) is 10.5 Å². The van der Waals surface area contributed by atoms with Crippen molar-refractivity contribution >= 4 is 46.0 Å². The molecule has 0 bridgehead atoms. The van der Waals surface area contributed by atoms with Gasteiger partial charge in [0, 0.05) is 0 Å². The molecule has 0 amide bonds. The fourth-order valence-electron chi connectivity index (χ4n) is 3.68. The standard InChI is InChI=1S/C27H20IN5O3/c28-23-13-18(8-11-24(23)36-16-17-6-9-19(10-7-17)27(34)35)12-20(14-29)25-22(15-30)26(31)33(32-25)21-4-2-1-3-5-21/h1-13,22,26H,16,31H2,(H,34,35)/b20-12-/t22-,26-/m0/s1. The number of carbonyl (C=O) groups is 1. The number of benzene rings is 3. The molecule has 2 atom stereocenters. The minimum atomic E-state index is -0.975. The van der Waals surface area contributed by atoms with Gasteiger partial charge in [0.25, 0.3) is 0 Å². The summed E-state index contributed by atoms with van der Waals surface area (Å²) in [5.41, 5.74) is 9.44. The monoisotopic (exact) mass is 589 g/mol. The Morgan fingerprint density at radius 3 is 2.47 bits per heavy atom. The van der Waals surface area contributed by atoms with Crippen molar-refractivity contribution in [2.45, 2.75) is 12.8 Å². The van der Waals surface area contributed by atoms with E-state index in [1.165, 1.54) is 12.1 Å². The molecule has 9 heteroatoms. The fourth-order valence-corrected chi connectivity index (χ4v) is 4.37. The third-order valence-electron chi connectivity index (χ3n) is 5.55. The number of ether oxygens (including phenoxy) is 1. The number of hydrazone groups is 1. The highest BCUT2D eigenvalue weighted by Gasteiger charge is 2.37. The van der Waals surface area contributed by atoms with E-state index in [1.807, 2.05) is 42.5 Å². The first-order chi connectivity index (χ1) is 17.4. The van der Waals surface area contributed by atoms with Crippen LogP contribution in [0, 0.1) is 32.2 Å². The Balaban J connectivity index is 1.54. The molecule has 1 heterocycles. The normalized spacial score (nSPS) is 17.2. The number of carboxylic acids is 1. The van der Waals surface area contributed by atoms with Gasteiger partial charge in [-0.25, -0.2) is 9.80 Å². The number of hydrogen-bond acceptors (Lipinski definition) is 7. The maximum absolute atomic E-state index is 11.0. The number of aromatic carboxylic acids is 1. The van der Waals surface area contributed by atoms with Crippen molar-refractivity contribution in [3.05, 3.63) is 98.6 Å². The molecule has 0 saturated carbocycles. The Bertz CT molecular complexity index is 1420. The molecular weight excluding hydrogens is 569 g/mol. The molecule has 4 rings (SSSR count). The summed E-state index contributed by atoms with van der Waals surface area (Å²) in [6.07, 6.45) is 0.977. The quantitative estimate of drug-likeness (QED) is 0.299. The fraction of sp³-hybridized carbons (Fsp3) is 0.111. The van der Waals surface area contributed by atoms with Gasteiger partial charge in [0.15, 0.2) is 0 Å². The van der Waals surface area contributed by atoms with Crippen LogP contribution in [0.25, 0.3) is 6.08 Å². The summed E-state index contributed by atoms with van der Waals surface area (Å²) >= 11 is 2.15. The zero-order chi connectivity index (χ0) is 25.7. The van der Waals surface area contributed by atoms with Gasteiger partial charge in [0.1, 0.15) is 30.5 Å². The number of nitrogens with two attached hydrogens (primary N) is 1. The molecule has 0 spiro atoms. The molecule has 0 unspecified atom stereocenters. The zero-order valence-electron chi connectivity index (χ0n) is 18.9. The van der Waals surface area contributed by atoms with Crippen LogP contribution in [0.5, 0.6) is 5.75 Å². The Morgan fingerprint density at radius 2 is 1.86 bits per heavy atom. The average molecular weight is 589 g/mol. The van der Waals surface area contributed by atoms with Gasteiger partial charge >= 0.3 is 5.97 Å². The van der Waals surface area contributed by atoms with E-state index in [-0.39, 0.29) is 17.7 Å². The summed E-state index contributed by atoms with van der Waals surface area (Å²) in [7, 11) is 0. The van der Waals surface area contributed by atoms with Crippen LogP contribution in [0.3, 0.4) is 0 Å². The predicted octanol–water partition coefficient (Wildman–Crippen LogP) is 4.78. The molecule has 8 nitrogen and oxygen atoms in total. The van der Waals surface area contributed by atoms with Crippen LogP contribution in [-0.2, 0) is 6.61 Å². The summed E-state index contributed by atoms with van der Waals surface area (Å²) in [4.78, 5) is 11.0. The molecule has 0 aromatic heterocycles. The second-order valence-electron chi connectivity index (χ2n) is 7.91. The molecule has 1 aliphatic rings. The van der Waals surface area contributed by atoms with Gasteiger partial charge in [-0.3, -0.25) is 0 Å². The van der Waals surface area contributed by atoms with Crippen LogP contribution < -0.4 is 15.5 Å². The maximum atomic E-state index is 11.0. The highest BCUT2D eigenvalue weighted by molar-refractivity contribution is 14.1. The zero-order valence-corrected chi connectivity index (χ0v) is 21.0. The van der Waals surface area contributed by atoms with E-state index in [2.05, 4.69) is 39.8 Å². The molecule has 36 heavy (non-hydrogen) atoms. The van der Waals surface area contributed by atoms with Crippen LogP contribution in [0.1, 0.15) is 21.5 Å². The Kier molecular flexibility index (Phi) is 7.64. The summed E-state index contributed by atoms with van der Waals surface area (Å²) in [5, 5.41) is 34.7. The third-order valence-corrected chi connectivity index (χ3v) is 6.40. The van der Waals surface area contributed by atoms with Gasteiger partial charge in [-0.15, -0.1) is 0 Å². The Morgan fingerprint density at radius 1 is 1.14 bits per heavy atom. The maximum Gasteiger partial charge on any atom is 0.335 e. The topological polar surface area (TPSA) is 136 Å². The van der Waals surface area contributed by atoms with Crippen molar-refractivity contribution < 1.29 is 14.6 Å². The number of nitriles is 2. The Labute approximate surface area is 221 Å². The van der Waals surface area contributed by atoms with Crippen LogP contribution in [0.4, 0.5) is 5.69 Å². The van der Waals surface area contributed by atoms with Gasteiger partial charge in [0.05, 0.1) is 32.2 Å². The number of nitrogens with zero attached hydrogens (tertiary/aromatic N) is 4.